The minimum absolute atomic E-state index is 0.0998. The van der Waals surface area contributed by atoms with E-state index in [0.717, 1.165) is 0 Å². The van der Waals surface area contributed by atoms with Crippen LogP contribution in [0.2, 0.25) is 0 Å². The van der Waals surface area contributed by atoms with Gasteiger partial charge >= 0.3 is 0 Å². The molecule has 4 N–H and O–H groups in total. The number of para-hydroxylation sites is 1. The van der Waals surface area contributed by atoms with Gasteiger partial charge in [0.05, 0.1) is 23.8 Å². The fourth-order valence-electron chi connectivity index (χ4n) is 2.74. The summed E-state index contributed by atoms with van der Waals surface area (Å²) in [6, 6.07) is 13.1. The SMILES string of the molecule is C=C(NNC(=S)Nc1ccc(S(=O)(=O)N2CCOCC2)cc1)c1ccccc1O. The number of aromatic hydroxyl groups is 1. The second kappa shape index (κ2) is 9.23. The molecule has 8 nitrogen and oxygen atoms in total. The summed E-state index contributed by atoms with van der Waals surface area (Å²) in [6.45, 7) is 5.35. The van der Waals surface area contributed by atoms with Crippen LogP contribution in [-0.4, -0.2) is 49.2 Å². The van der Waals surface area contributed by atoms with Crippen LogP contribution in [0, 0.1) is 0 Å². The predicted octanol–water partition coefficient (Wildman–Crippen LogP) is 1.87. The van der Waals surface area contributed by atoms with Gasteiger partial charge in [-0.15, -0.1) is 0 Å². The lowest BCUT2D eigenvalue weighted by molar-refractivity contribution is 0.0730. The molecule has 154 valence electrons. The van der Waals surface area contributed by atoms with Crippen LogP contribution >= 0.6 is 12.2 Å². The van der Waals surface area contributed by atoms with E-state index in [1.165, 1.54) is 16.4 Å². The zero-order chi connectivity index (χ0) is 20.9. The van der Waals surface area contributed by atoms with Crippen molar-refractivity contribution >= 4 is 38.7 Å². The Hall–Kier alpha value is -2.66. The number of phenolic OH excluding ortho intramolecular Hbond substituents is 1. The molecule has 1 saturated heterocycles. The van der Waals surface area contributed by atoms with E-state index in [0.29, 0.717) is 43.3 Å². The third-order valence-electron chi connectivity index (χ3n) is 4.28. The second-order valence-corrected chi connectivity index (χ2v) is 8.59. The monoisotopic (exact) mass is 434 g/mol. The van der Waals surface area contributed by atoms with Crippen LogP contribution in [0.1, 0.15) is 5.56 Å². The molecule has 3 rings (SSSR count). The van der Waals surface area contributed by atoms with Crippen molar-refractivity contribution in [2.24, 2.45) is 0 Å². The summed E-state index contributed by atoms with van der Waals surface area (Å²) in [6.07, 6.45) is 0. The second-order valence-electron chi connectivity index (χ2n) is 6.24. The summed E-state index contributed by atoms with van der Waals surface area (Å²) in [5, 5.41) is 13.0. The standard InChI is InChI=1S/C19H22N4O4S2/c1-14(17-4-2-3-5-18(17)24)21-22-19(28)20-15-6-8-16(9-7-15)29(25,26)23-10-12-27-13-11-23/h2-9,21,24H,1,10-13H2,(H2,20,22,28). The van der Waals surface area contributed by atoms with Crippen molar-refractivity contribution in [1.82, 2.24) is 15.2 Å². The zero-order valence-electron chi connectivity index (χ0n) is 15.6. The van der Waals surface area contributed by atoms with Gasteiger partial charge in [-0.3, -0.25) is 10.9 Å². The van der Waals surface area contributed by atoms with Crippen LogP contribution < -0.4 is 16.2 Å². The average Bonchev–Trinajstić information content (AvgIpc) is 2.73. The van der Waals surface area contributed by atoms with Gasteiger partial charge in [-0.2, -0.15) is 4.31 Å². The number of benzene rings is 2. The molecular weight excluding hydrogens is 412 g/mol. The molecule has 0 unspecified atom stereocenters. The zero-order valence-corrected chi connectivity index (χ0v) is 17.2. The van der Waals surface area contributed by atoms with Gasteiger partial charge in [-0.05, 0) is 48.6 Å². The highest BCUT2D eigenvalue weighted by Gasteiger charge is 2.26. The van der Waals surface area contributed by atoms with Gasteiger partial charge in [-0.1, -0.05) is 18.7 Å². The number of hydrazine groups is 1. The van der Waals surface area contributed by atoms with E-state index in [1.54, 1.807) is 36.4 Å². The Morgan fingerprint density at radius 3 is 2.38 bits per heavy atom. The van der Waals surface area contributed by atoms with Crippen LogP contribution in [0.4, 0.5) is 5.69 Å². The number of sulfonamides is 1. The van der Waals surface area contributed by atoms with Gasteiger partial charge in [0, 0.05) is 24.3 Å². The maximum absolute atomic E-state index is 12.6. The molecule has 29 heavy (non-hydrogen) atoms. The molecule has 0 saturated carbocycles. The Kier molecular flexibility index (Phi) is 6.70. The summed E-state index contributed by atoms with van der Waals surface area (Å²) in [4.78, 5) is 0.217. The van der Waals surface area contributed by atoms with Crippen molar-refractivity contribution in [3.63, 3.8) is 0 Å². The molecule has 1 aliphatic rings. The smallest absolute Gasteiger partial charge is 0.243 e. The van der Waals surface area contributed by atoms with Gasteiger partial charge in [0.2, 0.25) is 10.0 Å². The Labute approximate surface area is 175 Å². The number of anilines is 1. The molecule has 0 spiro atoms. The molecule has 0 aromatic heterocycles. The first kappa shape index (κ1) is 21.1. The van der Waals surface area contributed by atoms with E-state index in [2.05, 4.69) is 22.7 Å². The summed E-state index contributed by atoms with van der Waals surface area (Å²) >= 11 is 5.22. The van der Waals surface area contributed by atoms with Crippen LogP contribution in [0.5, 0.6) is 5.75 Å². The van der Waals surface area contributed by atoms with Gasteiger partial charge in [-0.25, -0.2) is 8.42 Å². The molecule has 2 aromatic carbocycles. The van der Waals surface area contributed by atoms with Crippen molar-refractivity contribution in [2.45, 2.75) is 4.90 Å². The van der Waals surface area contributed by atoms with Crippen molar-refractivity contribution < 1.29 is 18.3 Å². The number of hydrogen-bond acceptors (Lipinski definition) is 6. The predicted molar refractivity (Wildman–Crippen MR) is 116 cm³/mol. The van der Waals surface area contributed by atoms with Crippen molar-refractivity contribution in [1.29, 1.82) is 0 Å². The third kappa shape index (κ3) is 5.24. The summed E-state index contributed by atoms with van der Waals surface area (Å²) in [7, 11) is -3.53. The Morgan fingerprint density at radius 1 is 1.07 bits per heavy atom. The van der Waals surface area contributed by atoms with Gasteiger partial charge in [0.1, 0.15) is 5.75 Å². The topological polar surface area (TPSA) is 103 Å². The first-order valence-electron chi connectivity index (χ1n) is 8.86. The maximum Gasteiger partial charge on any atom is 0.243 e. The maximum atomic E-state index is 12.6. The Morgan fingerprint density at radius 2 is 1.72 bits per heavy atom. The molecule has 1 fully saturated rings. The van der Waals surface area contributed by atoms with Crippen LogP contribution in [0.25, 0.3) is 5.70 Å². The summed E-state index contributed by atoms with van der Waals surface area (Å²) in [5.74, 6) is 0.0998. The molecule has 0 amide bonds. The first-order chi connectivity index (χ1) is 13.9. The highest BCUT2D eigenvalue weighted by molar-refractivity contribution is 7.89. The average molecular weight is 435 g/mol. The molecule has 10 heteroatoms. The summed E-state index contributed by atoms with van der Waals surface area (Å²) in [5.41, 5.74) is 7.20. The Balaban J connectivity index is 1.56. The first-order valence-corrected chi connectivity index (χ1v) is 10.7. The lowest BCUT2D eigenvalue weighted by Crippen LogP contribution is -2.40. The molecule has 0 radical (unpaired) electrons. The Bertz CT molecular complexity index is 988. The fourth-order valence-corrected chi connectivity index (χ4v) is 4.31. The number of nitrogens with zero attached hydrogens (tertiary/aromatic N) is 1. The largest absolute Gasteiger partial charge is 0.507 e. The highest BCUT2D eigenvalue weighted by atomic mass is 32.2. The molecule has 0 aliphatic carbocycles. The number of ether oxygens (including phenoxy) is 1. The number of morpholine rings is 1. The number of thiocarbonyl (C=S) groups is 1. The van der Waals surface area contributed by atoms with E-state index >= 15 is 0 Å². The number of hydrogen-bond donors (Lipinski definition) is 4. The molecule has 0 atom stereocenters. The normalized spacial score (nSPS) is 14.8. The van der Waals surface area contributed by atoms with Crippen LogP contribution in [-0.2, 0) is 14.8 Å². The van der Waals surface area contributed by atoms with E-state index < -0.39 is 10.0 Å². The van der Waals surface area contributed by atoms with Crippen molar-refractivity contribution in [3.8, 4) is 5.75 Å². The van der Waals surface area contributed by atoms with Crippen molar-refractivity contribution in [3.05, 3.63) is 60.7 Å². The number of rotatable bonds is 6. The van der Waals surface area contributed by atoms with Gasteiger partial charge in [0.25, 0.3) is 0 Å². The minimum Gasteiger partial charge on any atom is -0.507 e. The number of nitrogens with one attached hydrogen (secondary N) is 3. The van der Waals surface area contributed by atoms with Gasteiger partial charge < -0.3 is 15.2 Å². The molecular formula is C19H22N4O4S2. The summed E-state index contributed by atoms with van der Waals surface area (Å²) < 4.78 is 31.9. The van der Waals surface area contributed by atoms with Gasteiger partial charge in [0.15, 0.2) is 5.11 Å². The third-order valence-corrected chi connectivity index (χ3v) is 6.39. The molecule has 1 heterocycles. The van der Waals surface area contributed by atoms with Crippen molar-refractivity contribution in [2.75, 3.05) is 31.6 Å². The van der Waals surface area contributed by atoms with Crippen LogP contribution in [0.15, 0.2) is 60.0 Å². The molecule has 1 aliphatic heterocycles. The number of phenols is 1. The fraction of sp³-hybridized carbons (Fsp3) is 0.211. The lowest BCUT2D eigenvalue weighted by Gasteiger charge is -2.26. The van der Waals surface area contributed by atoms with E-state index in [9.17, 15) is 13.5 Å². The lowest BCUT2D eigenvalue weighted by atomic mass is 10.1. The van der Waals surface area contributed by atoms with Crippen LogP contribution in [0.3, 0.4) is 0 Å². The van der Waals surface area contributed by atoms with E-state index in [1.807, 2.05) is 0 Å². The van der Waals surface area contributed by atoms with E-state index in [4.69, 9.17) is 17.0 Å². The quantitative estimate of drug-likeness (QED) is 0.404. The molecule has 2 aromatic rings. The molecule has 0 bridgehead atoms. The van der Waals surface area contributed by atoms with E-state index in [-0.39, 0.29) is 15.8 Å². The minimum atomic E-state index is -3.53. The highest BCUT2D eigenvalue weighted by Crippen LogP contribution is 2.21.